The second-order valence-electron chi connectivity index (χ2n) is 8.79. The molecular weight excluding hydrogens is 402 g/mol. The summed E-state index contributed by atoms with van der Waals surface area (Å²) in [5.74, 6) is 1.31. The van der Waals surface area contributed by atoms with Crippen LogP contribution in [0, 0.1) is 0 Å². The molecule has 4 rings (SSSR count). The highest BCUT2D eigenvalue weighted by atomic mass is 16.1. The van der Waals surface area contributed by atoms with Gasteiger partial charge in [-0.2, -0.15) is 9.97 Å². The molecule has 170 valence electrons. The van der Waals surface area contributed by atoms with Gasteiger partial charge in [0.15, 0.2) is 11.2 Å². The topological polar surface area (TPSA) is 94.0 Å². The highest BCUT2D eigenvalue weighted by Gasteiger charge is 2.25. The van der Waals surface area contributed by atoms with Gasteiger partial charge >= 0.3 is 0 Å². The molecule has 32 heavy (non-hydrogen) atoms. The lowest BCUT2D eigenvalue weighted by atomic mass is 10.1. The molecule has 1 aliphatic heterocycles. The molecule has 0 amide bonds. The zero-order chi connectivity index (χ0) is 22.7. The molecule has 3 aromatic rings. The van der Waals surface area contributed by atoms with Crippen molar-refractivity contribution in [1.29, 1.82) is 0 Å². The van der Waals surface area contributed by atoms with Crippen LogP contribution in [0.3, 0.4) is 0 Å². The van der Waals surface area contributed by atoms with E-state index in [1.807, 2.05) is 22.8 Å². The van der Waals surface area contributed by atoms with E-state index in [4.69, 9.17) is 15.7 Å². The van der Waals surface area contributed by atoms with Crippen LogP contribution < -0.4 is 21.5 Å². The smallest absolute Gasteiger partial charge is 0.281 e. The molecule has 0 radical (unpaired) electrons. The number of nitrogens with zero attached hydrogens (tertiary/aromatic N) is 5. The van der Waals surface area contributed by atoms with Crippen LogP contribution >= 0.6 is 0 Å². The molecule has 1 aliphatic rings. The maximum atomic E-state index is 13.4. The van der Waals surface area contributed by atoms with Crippen molar-refractivity contribution in [3.8, 4) is 0 Å². The van der Waals surface area contributed by atoms with E-state index in [1.165, 1.54) is 11.1 Å². The fourth-order valence-electron chi connectivity index (χ4n) is 4.15. The highest BCUT2D eigenvalue weighted by molar-refractivity contribution is 5.75. The molecule has 0 spiro atoms. The van der Waals surface area contributed by atoms with Crippen molar-refractivity contribution in [2.24, 2.45) is 12.8 Å². The lowest BCUT2D eigenvalue weighted by Crippen LogP contribution is -2.44. The summed E-state index contributed by atoms with van der Waals surface area (Å²) < 4.78 is 3.57. The summed E-state index contributed by atoms with van der Waals surface area (Å²) in [6.07, 6.45) is 4.99. The minimum Gasteiger partial charge on any atom is -0.355 e. The third-order valence-corrected chi connectivity index (χ3v) is 5.93. The van der Waals surface area contributed by atoms with Crippen molar-refractivity contribution in [3.05, 3.63) is 57.9 Å². The van der Waals surface area contributed by atoms with Crippen LogP contribution in [0.15, 0.2) is 46.8 Å². The average molecular weight is 436 g/mol. The Morgan fingerprint density at radius 1 is 1.25 bits per heavy atom. The van der Waals surface area contributed by atoms with E-state index in [1.54, 1.807) is 11.6 Å². The van der Waals surface area contributed by atoms with E-state index in [0.29, 0.717) is 30.2 Å². The first kappa shape index (κ1) is 22.1. The lowest BCUT2D eigenvalue weighted by molar-refractivity contribution is 0.495. The summed E-state index contributed by atoms with van der Waals surface area (Å²) in [4.78, 5) is 25.1. The largest absolute Gasteiger partial charge is 0.355 e. The molecule has 1 aromatic carbocycles. The number of benzene rings is 1. The van der Waals surface area contributed by atoms with Crippen LogP contribution in [0.4, 0.5) is 11.9 Å². The van der Waals surface area contributed by atoms with E-state index in [-0.39, 0.29) is 11.6 Å². The Bertz CT molecular complexity index is 1160. The zero-order valence-corrected chi connectivity index (χ0v) is 19.2. The quantitative estimate of drug-likeness (QED) is 0.554. The van der Waals surface area contributed by atoms with Gasteiger partial charge in [-0.15, -0.1) is 0 Å². The normalized spacial score (nSPS) is 16.4. The van der Waals surface area contributed by atoms with Gasteiger partial charge in [0.2, 0.25) is 11.9 Å². The predicted octanol–water partition coefficient (Wildman–Crippen LogP) is 2.68. The van der Waals surface area contributed by atoms with Crippen LogP contribution in [-0.2, 0) is 20.0 Å². The van der Waals surface area contributed by atoms with E-state index in [9.17, 15) is 4.79 Å². The van der Waals surface area contributed by atoms with Crippen molar-refractivity contribution in [3.63, 3.8) is 0 Å². The minimum atomic E-state index is -0.0978. The van der Waals surface area contributed by atoms with Crippen LogP contribution in [0.2, 0.25) is 0 Å². The van der Waals surface area contributed by atoms with Crippen molar-refractivity contribution >= 4 is 23.1 Å². The average Bonchev–Trinajstić information content (AvgIpc) is 3.15. The maximum Gasteiger partial charge on any atom is 0.281 e. The number of nitrogens with one attached hydrogen (secondary N) is 1. The number of allylic oxidation sites excluding steroid dienone is 2. The van der Waals surface area contributed by atoms with E-state index < -0.39 is 0 Å². The third-order valence-electron chi connectivity index (χ3n) is 5.93. The molecule has 2 aromatic heterocycles. The fraction of sp³-hybridized carbons (Fsp3) is 0.458. The molecular formula is C24H33N7O. The molecule has 1 atom stereocenters. The molecule has 1 unspecified atom stereocenters. The van der Waals surface area contributed by atoms with E-state index in [0.717, 1.165) is 38.3 Å². The molecule has 8 nitrogen and oxygen atoms in total. The lowest BCUT2D eigenvalue weighted by Gasteiger charge is -2.31. The number of anilines is 2. The van der Waals surface area contributed by atoms with E-state index in [2.05, 4.69) is 42.3 Å². The molecule has 0 saturated carbocycles. The number of fused-ring (bicyclic) bond motifs is 1. The first-order valence-corrected chi connectivity index (χ1v) is 11.3. The maximum absolute atomic E-state index is 13.4. The third kappa shape index (κ3) is 4.70. The molecule has 1 fully saturated rings. The molecule has 3 heterocycles. The number of piperidine rings is 1. The monoisotopic (exact) mass is 435 g/mol. The van der Waals surface area contributed by atoms with Crippen molar-refractivity contribution in [1.82, 2.24) is 19.1 Å². The Morgan fingerprint density at radius 2 is 2.03 bits per heavy atom. The Kier molecular flexibility index (Phi) is 6.60. The number of imidazole rings is 1. The number of nitrogens with two attached hydrogens (primary N) is 1. The number of hydrogen-bond acceptors (Lipinski definition) is 6. The summed E-state index contributed by atoms with van der Waals surface area (Å²) in [6, 6.07) is 10.4. The predicted molar refractivity (Wildman–Crippen MR) is 130 cm³/mol. The van der Waals surface area contributed by atoms with Gasteiger partial charge in [-0.25, -0.2) is 0 Å². The van der Waals surface area contributed by atoms with Gasteiger partial charge in [0.1, 0.15) is 0 Å². The SMILES string of the molecule is CC(C)=CCn1c(N2CCCC(N)C2)nc2nc(NCCc3ccccc3)n(C)c(=O)c21. The summed E-state index contributed by atoms with van der Waals surface area (Å²) in [7, 11) is 1.76. The summed E-state index contributed by atoms with van der Waals surface area (Å²) in [5.41, 5.74) is 9.57. The van der Waals surface area contributed by atoms with Crippen molar-refractivity contribution < 1.29 is 0 Å². The molecule has 0 bridgehead atoms. The van der Waals surface area contributed by atoms with E-state index >= 15 is 0 Å². The standard InChI is InChI=1S/C24H33N7O/c1-17(2)12-15-31-20-21(28-24(31)30-14-7-10-19(25)16-30)27-23(29(3)22(20)32)26-13-11-18-8-5-4-6-9-18/h4-6,8-9,12,19H,7,10-11,13-16,25H2,1-3H3,(H,26,27). The Hall–Kier alpha value is -3.13. The first-order chi connectivity index (χ1) is 15.4. The Morgan fingerprint density at radius 3 is 2.75 bits per heavy atom. The number of aromatic nitrogens is 4. The van der Waals surface area contributed by atoms with Gasteiger partial charge in [0, 0.05) is 39.3 Å². The van der Waals surface area contributed by atoms with Gasteiger partial charge < -0.3 is 20.5 Å². The number of hydrogen-bond donors (Lipinski definition) is 2. The van der Waals surface area contributed by atoms with Gasteiger partial charge in [-0.3, -0.25) is 9.36 Å². The number of rotatable bonds is 7. The fourth-order valence-corrected chi connectivity index (χ4v) is 4.15. The van der Waals surface area contributed by atoms with Gasteiger partial charge in [0.05, 0.1) is 0 Å². The molecule has 3 N–H and O–H groups in total. The van der Waals surface area contributed by atoms with Crippen molar-refractivity contribution in [2.75, 3.05) is 29.9 Å². The molecule has 0 aliphatic carbocycles. The first-order valence-electron chi connectivity index (χ1n) is 11.3. The molecule has 8 heteroatoms. The summed E-state index contributed by atoms with van der Waals surface area (Å²) >= 11 is 0. The van der Waals surface area contributed by atoms with Crippen LogP contribution in [0.1, 0.15) is 32.3 Å². The second kappa shape index (κ2) is 9.56. The highest BCUT2D eigenvalue weighted by Crippen LogP contribution is 2.24. The summed E-state index contributed by atoms with van der Waals surface area (Å²) in [5, 5.41) is 3.32. The van der Waals surface area contributed by atoms with Gasteiger partial charge in [0.25, 0.3) is 5.56 Å². The Labute approximate surface area is 188 Å². The van der Waals surface area contributed by atoms with Crippen LogP contribution in [0.25, 0.3) is 11.2 Å². The summed E-state index contributed by atoms with van der Waals surface area (Å²) in [6.45, 7) is 7.00. The zero-order valence-electron chi connectivity index (χ0n) is 19.2. The minimum absolute atomic E-state index is 0.0978. The van der Waals surface area contributed by atoms with Crippen LogP contribution in [0.5, 0.6) is 0 Å². The van der Waals surface area contributed by atoms with Crippen LogP contribution in [-0.4, -0.2) is 44.8 Å². The molecule has 1 saturated heterocycles. The van der Waals surface area contributed by atoms with Gasteiger partial charge in [-0.05, 0) is 38.7 Å². The van der Waals surface area contributed by atoms with Crippen molar-refractivity contribution in [2.45, 2.75) is 45.7 Å². The second-order valence-corrected chi connectivity index (χ2v) is 8.79. The Balaban J connectivity index is 1.69. The van der Waals surface area contributed by atoms with Gasteiger partial charge in [-0.1, -0.05) is 42.0 Å².